The highest BCUT2D eigenvalue weighted by Gasteiger charge is 2.19. The minimum absolute atomic E-state index is 0.0212. The average molecular weight is 433 g/mol. The second kappa shape index (κ2) is 9.47. The van der Waals surface area contributed by atoms with Crippen molar-refractivity contribution in [1.82, 2.24) is 9.97 Å². The molecule has 3 aromatic rings. The molecule has 1 aromatic carbocycles. The number of carbonyl (C=O) groups excluding carboxylic acids is 1. The molecule has 0 saturated carbocycles. The first-order valence-electron chi connectivity index (χ1n) is 10.2. The van der Waals surface area contributed by atoms with Crippen LogP contribution in [-0.2, 0) is 9.53 Å². The van der Waals surface area contributed by atoms with E-state index in [9.17, 15) is 9.59 Å². The van der Waals surface area contributed by atoms with E-state index in [1.54, 1.807) is 48.5 Å². The molecule has 1 aliphatic carbocycles. The second-order valence-electron chi connectivity index (χ2n) is 7.31. The fourth-order valence-corrected chi connectivity index (χ4v) is 3.50. The van der Waals surface area contributed by atoms with Crippen LogP contribution in [0.3, 0.4) is 0 Å². The zero-order valence-electron chi connectivity index (χ0n) is 17.9. The quantitative estimate of drug-likeness (QED) is 0.523. The highest BCUT2D eigenvalue weighted by Crippen LogP contribution is 2.29. The van der Waals surface area contributed by atoms with Gasteiger partial charge in [-0.3, -0.25) is 4.79 Å². The van der Waals surface area contributed by atoms with Crippen molar-refractivity contribution in [2.45, 2.75) is 12.8 Å². The Morgan fingerprint density at radius 3 is 2.88 bits per heavy atom. The van der Waals surface area contributed by atoms with Gasteiger partial charge in [0.25, 0.3) is 0 Å². The number of carbonyl (C=O) groups is 1. The van der Waals surface area contributed by atoms with Crippen LogP contribution in [0.4, 0.5) is 5.82 Å². The third kappa shape index (κ3) is 4.54. The largest absolute Gasteiger partial charge is 0.496 e. The van der Waals surface area contributed by atoms with Gasteiger partial charge < -0.3 is 18.8 Å². The Balaban J connectivity index is 1.57. The van der Waals surface area contributed by atoms with Crippen molar-refractivity contribution in [3.63, 3.8) is 0 Å². The predicted molar refractivity (Wildman–Crippen MR) is 121 cm³/mol. The fraction of sp³-hybridized carbons (Fsp3) is 0.250. The van der Waals surface area contributed by atoms with Gasteiger partial charge in [-0.15, -0.1) is 0 Å². The molecule has 8 heteroatoms. The van der Waals surface area contributed by atoms with Gasteiger partial charge >= 0.3 is 11.6 Å². The Bertz CT molecular complexity index is 1260. The zero-order chi connectivity index (χ0) is 22.5. The van der Waals surface area contributed by atoms with Crippen LogP contribution in [0.15, 0.2) is 69.5 Å². The summed E-state index contributed by atoms with van der Waals surface area (Å²) < 4.78 is 16.1. The van der Waals surface area contributed by atoms with E-state index < -0.39 is 5.63 Å². The van der Waals surface area contributed by atoms with Crippen LogP contribution in [0.2, 0.25) is 0 Å². The maximum absolute atomic E-state index is 12.6. The first-order valence-corrected chi connectivity index (χ1v) is 10.2. The summed E-state index contributed by atoms with van der Waals surface area (Å²) in [7, 11) is 3.20. The van der Waals surface area contributed by atoms with Gasteiger partial charge in [0.2, 0.25) is 5.89 Å². The summed E-state index contributed by atoms with van der Waals surface area (Å²) in [5.74, 6) is 0.557. The molecule has 2 aromatic heterocycles. The molecule has 0 unspecified atom stereocenters. The highest BCUT2D eigenvalue weighted by atomic mass is 16.5. The molecule has 4 rings (SSSR count). The van der Waals surface area contributed by atoms with Crippen molar-refractivity contribution in [1.29, 1.82) is 0 Å². The van der Waals surface area contributed by atoms with E-state index in [-0.39, 0.29) is 30.4 Å². The topological polar surface area (TPSA) is 94.8 Å². The molecule has 0 N–H and O–H groups in total. The number of allylic oxidation sites excluding steroid dienone is 2. The lowest BCUT2D eigenvalue weighted by molar-refractivity contribution is -0.140. The number of pyridine rings is 1. The standard InChI is InChI=1S/C24H23N3O5/c1-27(14-20(28)31-15-16-8-4-3-5-9-16)22-17(10-7-13-25-22)23-26-18-11-6-12-19(30-2)21(18)24(29)32-23/h4,6-13H,3,5,14-15H2,1-2H3. The van der Waals surface area contributed by atoms with E-state index in [1.807, 2.05) is 6.08 Å². The maximum atomic E-state index is 12.6. The van der Waals surface area contributed by atoms with Gasteiger partial charge in [0, 0.05) is 13.2 Å². The van der Waals surface area contributed by atoms with E-state index in [4.69, 9.17) is 13.9 Å². The molecule has 0 fully saturated rings. The van der Waals surface area contributed by atoms with Gasteiger partial charge in [-0.2, -0.15) is 0 Å². The fourth-order valence-electron chi connectivity index (χ4n) is 3.50. The summed E-state index contributed by atoms with van der Waals surface area (Å²) in [5, 5.41) is 0.271. The van der Waals surface area contributed by atoms with Crippen LogP contribution in [0.5, 0.6) is 5.75 Å². The van der Waals surface area contributed by atoms with E-state index in [0.29, 0.717) is 22.6 Å². The van der Waals surface area contributed by atoms with E-state index >= 15 is 0 Å². The minimum atomic E-state index is -0.562. The van der Waals surface area contributed by atoms with Gasteiger partial charge in [-0.05, 0) is 42.7 Å². The van der Waals surface area contributed by atoms with Crippen molar-refractivity contribution in [3.05, 3.63) is 70.7 Å². The van der Waals surface area contributed by atoms with Gasteiger partial charge in [0.1, 0.15) is 30.1 Å². The molecule has 0 bridgehead atoms. The van der Waals surface area contributed by atoms with E-state index in [1.165, 1.54) is 7.11 Å². The molecule has 8 nitrogen and oxygen atoms in total. The molecule has 32 heavy (non-hydrogen) atoms. The lowest BCUT2D eigenvalue weighted by Crippen LogP contribution is -2.28. The molecular formula is C24H23N3O5. The van der Waals surface area contributed by atoms with Crippen molar-refractivity contribution < 1.29 is 18.7 Å². The molecule has 2 heterocycles. The minimum Gasteiger partial charge on any atom is -0.496 e. The Morgan fingerprint density at radius 2 is 2.09 bits per heavy atom. The number of aromatic nitrogens is 2. The average Bonchev–Trinajstić information content (AvgIpc) is 2.82. The molecule has 0 radical (unpaired) electrons. The first-order chi connectivity index (χ1) is 15.6. The van der Waals surface area contributed by atoms with Gasteiger partial charge in [-0.1, -0.05) is 24.3 Å². The van der Waals surface area contributed by atoms with Crippen LogP contribution in [-0.4, -0.2) is 43.2 Å². The smallest absolute Gasteiger partial charge is 0.350 e. The molecule has 164 valence electrons. The molecular weight excluding hydrogens is 410 g/mol. The number of rotatable bonds is 7. The second-order valence-corrected chi connectivity index (χ2v) is 7.31. The van der Waals surface area contributed by atoms with Gasteiger partial charge in [0.05, 0.1) is 18.2 Å². The lowest BCUT2D eigenvalue weighted by atomic mass is 10.1. The summed E-state index contributed by atoms with van der Waals surface area (Å²) in [5.41, 5.74) is 1.36. The molecule has 1 aliphatic rings. The van der Waals surface area contributed by atoms with E-state index in [2.05, 4.69) is 22.1 Å². The number of esters is 1. The van der Waals surface area contributed by atoms with Crippen LogP contribution in [0.1, 0.15) is 12.8 Å². The third-order valence-corrected chi connectivity index (χ3v) is 5.06. The summed E-state index contributed by atoms with van der Waals surface area (Å²) in [6, 6.07) is 8.59. The summed E-state index contributed by atoms with van der Waals surface area (Å²) in [6.07, 6.45) is 9.66. The van der Waals surface area contributed by atoms with Crippen molar-refractivity contribution in [3.8, 4) is 17.2 Å². The van der Waals surface area contributed by atoms with Crippen LogP contribution in [0.25, 0.3) is 22.4 Å². The van der Waals surface area contributed by atoms with Gasteiger partial charge in [-0.25, -0.2) is 14.8 Å². The number of nitrogens with zero attached hydrogens (tertiary/aromatic N) is 3. The van der Waals surface area contributed by atoms with Crippen molar-refractivity contribution >= 4 is 22.7 Å². The van der Waals surface area contributed by atoms with Crippen molar-refractivity contribution in [2.24, 2.45) is 0 Å². The van der Waals surface area contributed by atoms with Crippen LogP contribution >= 0.6 is 0 Å². The monoisotopic (exact) mass is 433 g/mol. The number of ether oxygens (including phenoxy) is 2. The Kier molecular flexibility index (Phi) is 6.30. The number of fused-ring (bicyclic) bond motifs is 1. The SMILES string of the molecule is COc1cccc2nc(-c3cccnc3N(C)CC(=O)OCC3=CCCC=C3)oc(=O)c12. The van der Waals surface area contributed by atoms with Crippen LogP contribution in [0, 0.1) is 0 Å². The molecule has 0 saturated heterocycles. The summed E-state index contributed by atoms with van der Waals surface area (Å²) in [4.78, 5) is 35.5. The van der Waals surface area contributed by atoms with Crippen molar-refractivity contribution in [2.75, 3.05) is 32.2 Å². The lowest BCUT2D eigenvalue weighted by Gasteiger charge is -2.19. The highest BCUT2D eigenvalue weighted by molar-refractivity contribution is 5.86. The first kappa shape index (κ1) is 21.3. The maximum Gasteiger partial charge on any atom is 0.350 e. The summed E-state index contributed by atoms with van der Waals surface area (Å²) >= 11 is 0. The third-order valence-electron chi connectivity index (χ3n) is 5.06. The Hall–Kier alpha value is -3.94. The van der Waals surface area contributed by atoms with Gasteiger partial charge in [0.15, 0.2) is 0 Å². The summed E-state index contributed by atoms with van der Waals surface area (Å²) in [6.45, 7) is 0.216. The zero-order valence-corrected chi connectivity index (χ0v) is 17.9. The number of anilines is 1. The Labute approximate surface area is 184 Å². The number of hydrogen-bond acceptors (Lipinski definition) is 8. The molecule has 0 atom stereocenters. The normalized spacial score (nSPS) is 13.0. The van der Waals surface area contributed by atoms with E-state index in [0.717, 1.165) is 18.4 Å². The Morgan fingerprint density at radius 1 is 1.22 bits per heavy atom. The molecule has 0 amide bonds. The number of hydrogen-bond donors (Lipinski definition) is 0. The molecule has 0 aliphatic heterocycles. The molecule has 0 spiro atoms. The number of benzene rings is 1. The predicted octanol–water partition coefficient (Wildman–Crippen LogP) is 3.51. The number of likely N-dealkylation sites (N-methyl/N-ethyl adjacent to an activating group) is 1. The number of methoxy groups -OCH3 is 1. The van der Waals surface area contributed by atoms with Crippen LogP contribution < -0.4 is 15.3 Å².